The number of hydrogen-bond acceptors (Lipinski definition) is 6. The Balaban J connectivity index is 1.52. The minimum Gasteiger partial charge on any atom is -0.472 e. The number of sulfone groups is 1. The van der Waals surface area contributed by atoms with Crippen LogP contribution in [0, 0.1) is 0 Å². The Bertz CT molecular complexity index is 858. The van der Waals surface area contributed by atoms with Crippen molar-refractivity contribution in [1.29, 1.82) is 0 Å². The lowest BCUT2D eigenvalue weighted by Crippen LogP contribution is -2.42. The van der Waals surface area contributed by atoms with Gasteiger partial charge < -0.3 is 9.73 Å². The maximum absolute atomic E-state index is 12.3. The number of carbonyl (C=O) groups excluding carboxylic acids is 1. The molecule has 0 aliphatic carbocycles. The maximum atomic E-state index is 12.3. The fraction of sp³-hybridized carbons (Fsp3) is 0.450. The van der Waals surface area contributed by atoms with Gasteiger partial charge in [0.25, 0.3) is 0 Å². The molecular weight excluding hydrogens is 396 g/mol. The first-order chi connectivity index (χ1) is 13.4. The van der Waals surface area contributed by atoms with Crippen molar-refractivity contribution in [2.75, 3.05) is 37.4 Å². The number of amides is 1. The molecule has 28 heavy (non-hydrogen) atoms. The Labute approximate surface area is 170 Å². The molecule has 3 rings (SSSR count). The van der Waals surface area contributed by atoms with Gasteiger partial charge in [0.05, 0.1) is 23.5 Å². The predicted octanol–water partition coefficient (Wildman–Crippen LogP) is 2.52. The first-order valence-electron chi connectivity index (χ1n) is 9.33. The molecule has 1 amide bonds. The fourth-order valence-corrected chi connectivity index (χ4v) is 4.83. The van der Waals surface area contributed by atoms with Gasteiger partial charge in [-0.05, 0) is 30.2 Å². The van der Waals surface area contributed by atoms with E-state index < -0.39 is 9.84 Å². The molecule has 2 aromatic rings. The van der Waals surface area contributed by atoms with Crippen molar-refractivity contribution in [1.82, 2.24) is 10.2 Å². The van der Waals surface area contributed by atoms with Crippen LogP contribution >= 0.6 is 11.8 Å². The standard InChI is InChI=1S/C20H26N2O4S2/c1-28(24,25)18-5-2-16(3-6-18)4-7-20(23)21-14-19(17-8-11-26-15-17)22-9-12-27-13-10-22/h2-3,5-6,8,11,15,19H,4,7,9-10,12-14H2,1H3,(H,21,23)/t19-/m0/s1. The van der Waals surface area contributed by atoms with E-state index in [9.17, 15) is 13.2 Å². The van der Waals surface area contributed by atoms with Gasteiger partial charge >= 0.3 is 0 Å². The lowest BCUT2D eigenvalue weighted by Gasteiger charge is -2.34. The number of thioether (sulfide) groups is 1. The van der Waals surface area contributed by atoms with Crippen LogP contribution < -0.4 is 5.32 Å². The van der Waals surface area contributed by atoms with Gasteiger partial charge in [-0.3, -0.25) is 9.69 Å². The third-order valence-electron chi connectivity index (χ3n) is 4.90. The molecule has 0 unspecified atom stereocenters. The Kier molecular flexibility index (Phi) is 7.20. The lowest BCUT2D eigenvalue weighted by atomic mass is 10.1. The van der Waals surface area contributed by atoms with Gasteiger partial charge in [-0.2, -0.15) is 11.8 Å². The van der Waals surface area contributed by atoms with Crippen LogP contribution in [0.1, 0.15) is 23.6 Å². The molecule has 6 nitrogen and oxygen atoms in total. The van der Waals surface area contributed by atoms with E-state index in [2.05, 4.69) is 10.2 Å². The molecule has 0 spiro atoms. The number of aryl methyl sites for hydroxylation is 1. The molecule has 1 aromatic carbocycles. The Morgan fingerprint density at radius 3 is 2.54 bits per heavy atom. The van der Waals surface area contributed by atoms with Crippen LogP contribution in [0.4, 0.5) is 0 Å². The summed E-state index contributed by atoms with van der Waals surface area (Å²) in [6, 6.07) is 8.80. The van der Waals surface area contributed by atoms with Crippen molar-refractivity contribution in [3.8, 4) is 0 Å². The van der Waals surface area contributed by atoms with E-state index in [4.69, 9.17) is 4.42 Å². The van der Waals surface area contributed by atoms with Gasteiger partial charge in [0.15, 0.2) is 9.84 Å². The summed E-state index contributed by atoms with van der Waals surface area (Å²) in [6.07, 6.45) is 5.55. The average Bonchev–Trinajstić information content (AvgIpc) is 3.21. The summed E-state index contributed by atoms with van der Waals surface area (Å²) in [5, 5.41) is 3.05. The third-order valence-corrected chi connectivity index (χ3v) is 6.97. The summed E-state index contributed by atoms with van der Waals surface area (Å²) in [5.74, 6) is 2.20. The number of nitrogens with zero attached hydrogens (tertiary/aromatic N) is 1. The Hall–Kier alpha value is -1.77. The van der Waals surface area contributed by atoms with Crippen molar-refractivity contribution in [2.24, 2.45) is 0 Å². The largest absolute Gasteiger partial charge is 0.472 e. The molecule has 2 heterocycles. The van der Waals surface area contributed by atoms with Crippen molar-refractivity contribution < 1.29 is 17.6 Å². The molecule has 1 N–H and O–H groups in total. The number of nitrogens with one attached hydrogen (secondary N) is 1. The van der Waals surface area contributed by atoms with E-state index in [0.29, 0.717) is 24.3 Å². The van der Waals surface area contributed by atoms with E-state index in [0.717, 1.165) is 35.7 Å². The molecular formula is C20H26N2O4S2. The highest BCUT2D eigenvalue weighted by atomic mass is 32.2. The van der Waals surface area contributed by atoms with Crippen LogP contribution in [0.25, 0.3) is 0 Å². The first kappa shape index (κ1) is 21.0. The summed E-state index contributed by atoms with van der Waals surface area (Å²) < 4.78 is 28.3. The maximum Gasteiger partial charge on any atom is 0.220 e. The van der Waals surface area contributed by atoms with E-state index in [1.165, 1.54) is 6.26 Å². The van der Waals surface area contributed by atoms with Gasteiger partial charge in [0.2, 0.25) is 5.91 Å². The van der Waals surface area contributed by atoms with E-state index in [-0.39, 0.29) is 11.9 Å². The minimum atomic E-state index is -3.19. The quantitative estimate of drug-likeness (QED) is 0.704. The fourth-order valence-electron chi connectivity index (χ4n) is 3.27. The molecule has 1 aliphatic rings. The van der Waals surface area contributed by atoms with Crippen molar-refractivity contribution in [3.63, 3.8) is 0 Å². The number of hydrogen-bond donors (Lipinski definition) is 1. The van der Waals surface area contributed by atoms with Gasteiger partial charge in [0, 0.05) is 49.4 Å². The monoisotopic (exact) mass is 422 g/mol. The zero-order valence-electron chi connectivity index (χ0n) is 16.0. The summed E-state index contributed by atoms with van der Waals surface area (Å²) in [5.41, 5.74) is 2.03. The molecule has 1 atom stereocenters. The third kappa shape index (κ3) is 5.86. The highest BCUT2D eigenvalue weighted by Gasteiger charge is 2.23. The predicted molar refractivity (Wildman–Crippen MR) is 111 cm³/mol. The van der Waals surface area contributed by atoms with Crippen LogP contribution in [0.5, 0.6) is 0 Å². The number of benzene rings is 1. The molecule has 1 saturated heterocycles. The second kappa shape index (κ2) is 9.62. The average molecular weight is 423 g/mol. The van der Waals surface area contributed by atoms with Crippen LogP contribution in [0.2, 0.25) is 0 Å². The van der Waals surface area contributed by atoms with Gasteiger partial charge in [-0.1, -0.05) is 12.1 Å². The van der Waals surface area contributed by atoms with Crippen molar-refractivity contribution in [2.45, 2.75) is 23.8 Å². The highest BCUT2D eigenvalue weighted by molar-refractivity contribution is 7.99. The van der Waals surface area contributed by atoms with Gasteiger partial charge in [0.1, 0.15) is 0 Å². The zero-order chi connectivity index (χ0) is 20.0. The Morgan fingerprint density at radius 1 is 1.21 bits per heavy atom. The molecule has 0 bridgehead atoms. The second-order valence-electron chi connectivity index (χ2n) is 6.94. The lowest BCUT2D eigenvalue weighted by molar-refractivity contribution is -0.121. The van der Waals surface area contributed by atoms with E-state index in [1.54, 1.807) is 36.8 Å². The van der Waals surface area contributed by atoms with E-state index in [1.807, 2.05) is 17.8 Å². The first-order valence-corrected chi connectivity index (χ1v) is 12.4. The SMILES string of the molecule is CS(=O)(=O)c1ccc(CCC(=O)NC[C@@H](c2ccoc2)N2CCSCC2)cc1. The number of rotatable bonds is 8. The Morgan fingerprint density at radius 2 is 1.93 bits per heavy atom. The zero-order valence-corrected chi connectivity index (χ0v) is 17.6. The summed E-state index contributed by atoms with van der Waals surface area (Å²) in [7, 11) is -3.19. The van der Waals surface area contributed by atoms with Crippen LogP contribution in [0.15, 0.2) is 52.2 Å². The van der Waals surface area contributed by atoms with Crippen LogP contribution in [0.3, 0.4) is 0 Å². The number of furan rings is 1. The van der Waals surface area contributed by atoms with Crippen molar-refractivity contribution >= 4 is 27.5 Å². The smallest absolute Gasteiger partial charge is 0.220 e. The van der Waals surface area contributed by atoms with Gasteiger partial charge in [-0.25, -0.2) is 8.42 Å². The van der Waals surface area contributed by atoms with Crippen molar-refractivity contribution in [3.05, 3.63) is 54.0 Å². The normalized spacial score (nSPS) is 16.6. The molecule has 8 heteroatoms. The van der Waals surface area contributed by atoms with Crippen LogP contribution in [-0.2, 0) is 21.1 Å². The summed E-state index contributed by atoms with van der Waals surface area (Å²) in [4.78, 5) is 15.0. The van der Waals surface area contributed by atoms with Gasteiger partial charge in [-0.15, -0.1) is 0 Å². The molecule has 0 saturated carbocycles. The summed E-state index contributed by atoms with van der Waals surface area (Å²) in [6.45, 7) is 2.56. The van der Waals surface area contributed by atoms with E-state index >= 15 is 0 Å². The topological polar surface area (TPSA) is 79.6 Å². The summed E-state index contributed by atoms with van der Waals surface area (Å²) >= 11 is 1.96. The second-order valence-corrected chi connectivity index (χ2v) is 10.2. The minimum absolute atomic E-state index is 0.00734. The molecule has 0 radical (unpaired) electrons. The van der Waals surface area contributed by atoms with Crippen LogP contribution in [-0.4, -0.2) is 56.6 Å². The molecule has 1 fully saturated rings. The number of carbonyl (C=O) groups is 1. The highest BCUT2D eigenvalue weighted by Crippen LogP contribution is 2.24. The molecule has 152 valence electrons. The molecule has 1 aliphatic heterocycles. The molecule has 1 aromatic heterocycles.